The summed E-state index contributed by atoms with van der Waals surface area (Å²) in [4.78, 5) is 30.3. The molecule has 30 heavy (non-hydrogen) atoms. The van der Waals surface area contributed by atoms with Crippen molar-refractivity contribution >= 4 is 12.0 Å². The zero-order valence-electron chi connectivity index (χ0n) is 18.5. The summed E-state index contributed by atoms with van der Waals surface area (Å²) >= 11 is 0. The number of methoxy groups -OCH3 is 1. The van der Waals surface area contributed by atoms with Crippen LogP contribution in [0.5, 0.6) is 0 Å². The Balaban J connectivity index is 1.82. The van der Waals surface area contributed by atoms with Crippen LogP contribution in [0.1, 0.15) is 44.1 Å². The van der Waals surface area contributed by atoms with Gasteiger partial charge in [-0.05, 0) is 51.8 Å². The van der Waals surface area contributed by atoms with Gasteiger partial charge in [-0.25, -0.2) is 4.79 Å². The van der Waals surface area contributed by atoms with Crippen molar-refractivity contribution < 1.29 is 19.4 Å². The van der Waals surface area contributed by atoms with Crippen molar-refractivity contribution in [1.29, 1.82) is 0 Å². The van der Waals surface area contributed by atoms with Gasteiger partial charge in [-0.3, -0.25) is 9.69 Å². The van der Waals surface area contributed by atoms with Crippen LogP contribution in [0.2, 0.25) is 0 Å². The number of benzene rings is 1. The van der Waals surface area contributed by atoms with Crippen LogP contribution in [0, 0.1) is 0 Å². The highest BCUT2D eigenvalue weighted by atomic mass is 16.5. The van der Waals surface area contributed by atoms with Gasteiger partial charge in [0.15, 0.2) is 0 Å². The third-order valence-corrected chi connectivity index (χ3v) is 7.06. The molecular weight excluding hydrogens is 382 g/mol. The van der Waals surface area contributed by atoms with Crippen LogP contribution < -0.4 is 0 Å². The molecule has 0 atom stereocenters. The zero-order valence-corrected chi connectivity index (χ0v) is 18.5. The Morgan fingerprint density at radius 3 is 2.37 bits per heavy atom. The molecule has 3 rings (SSSR count). The average Bonchev–Trinajstić information content (AvgIpc) is 2.99. The quantitative estimate of drug-likeness (QED) is 0.626. The van der Waals surface area contributed by atoms with Crippen molar-refractivity contribution in [3.05, 3.63) is 35.9 Å². The van der Waals surface area contributed by atoms with Crippen molar-refractivity contribution in [1.82, 2.24) is 14.7 Å². The largest absolute Gasteiger partial charge is 0.481 e. The molecule has 1 aliphatic carbocycles. The molecular formula is C23H35N3O4. The van der Waals surface area contributed by atoms with E-state index >= 15 is 0 Å². The molecule has 7 nitrogen and oxygen atoms in total. The van der Waals surface area contributed by atoms with Gasteiger partial charge in [0, 0.05) is 38.9 Å². The van der Waals surface area contributed by atoms with Crippen molar-refractivity contribution in [2.75, 3.05) is 47.4 Å². The first-order valence-electron chi connectivity index (χ1n) is 10.8. The number of nitrogens with zero attached hydrogens (tertiary/aromatic N) is 3. The lowest BCUT2D eigenvalue weighted by Gasteiger charge is -2.51. The molecule has 2 amide bonds. The molecule has 2 fully saturated rings. The van der Waals surface area contributed by atoms with E-state index in [1.54, 1.807) is 12.0 Å². The number of rotatable bonds is 9. The van der Waals surface area contributed by atoms with Crippen molar-refractivity contribution in [3.8, 4) is 0 Å². The number of aliphatic carboxylic acids is 1. The fraction of sp³-hybridized carbons (Fsp3) is 0.652. The van der Waals surface area contributed by atoms with Gasteiger partial charge >= 0.3 is 12.0 Å². The molecule has 1 aliphatic heterocycles. The van der Waals surface area contributed by atoms with E-state index in [9.17, 15) is 9.59 Å². The van der Waals surface area contributed by atoms with Crippen molar-refractivity contribution in [2.45, 2.75) is 49.6 Å². The first-order chi connectivity index (χ1) is 14.3. The van der Waals surface area contributed by atoms with Crippen LogP contribution in [0.15, 0.2) is 30.3 Å². The number of hydrogen-bond donors (Lipinski definition) is 1. The second-order valence-electron chi connectivity index (χ2n) is 8.86. The average molecular weight is 418 g/mol. The second-order valence-corrected chi connectivity index (χ2v) is 8.86. The molecule has 1 N–H and O–H groups in total. The fourth-order valence-electron chi connectivity index (χ4n) is 5.29. The maximum absolute atomic E-state index is 13.2. The van der Waals surface area contributed by atoms with Crippen LogP contribution >= 0.6 is 0 Å². The van der Waals surface area contributed by atoms with Gasteiger partial charge in [-0.15, -0.1) is 0 Å². The van der Waals surface area contributed by atoms with Crippen LogP contribution in [0.25, 0.3) is 0 Å². The van der Waals surface area contributed by atoms with E-state index in [1.165, 1.54) is 5.56 Å². The zero-order chi connectivity index (χ0) is 21.8. The predicted octanol–water partition coefficient (Wildman–Crippen LogP) is 3.01. The van der Waals surface area contributed by atoms with E-state index in [4.69, 9.17) is 9.84 Å². The Morgan fingerprint density at radius 1 is 1.13 bits per heavy atom. The molecule has 2 aliphatic rings. The summed E-state index contributed by atoms with van der Waals surface area (Å²) in [7, 11) is 5.95. The van der Waals surface area contributed by atoms with Gasteiger partial charge in [0.05, 0.1) is 12.0 Å². The van der Waals surface area contributed by atoms with Crippen LogP contribution in [-0.2, 0) is 15.1 Å². The summed E-state index contributed by atoms with van der Waals surface area (Å²) in [6.07, 6.45) is 4.51. The molecule has 1 aromatic carbocycles. The van der Waals surface area contributed by atoms with Crippen LogP contribution in [-0.4, -0.2) is 84.8 Å². The summed E-state index contributed by atoms with van der Waals surface area (Å²) in [6, 6.07) is 10.6. The van der Waals surface area contributed by atoms with E-state index in [0.717, 1.165) is 32.1 Å². The highest BCUT2D eigenvalue weighted by molar-refractivity contribution is 5.79. The van der Waals surface area contributed by atoms with Gasteiger partial charge in [0.25, 0.3) is 0 Å². The highest BCUT2D eigenvalue weighted by Gasteiger charge is 2.54. The predicted molar refractivity (Wildman–Crippen MR) is 115 cm³/mol. The molecule has 1 saturated heterocycles. The maximum Gasteiger partial charge on any atom is 0.320 e. The topological polar surface area (TPSA) is 73.3 Å². The minimum Gasteiger partial charge on any atom is -0.481 e. The first-order valence-corrected chi connectivity index (χ1v) is 10.8. The fourth-order valence-corrected chi connectivity index (χ4v) is 5.29. The Bertz CT molecular complexity index is 729. The lowest BCUT2D eigenvalue weighted by molar-refractivity contribution is -0.137. The Morgan fingerprint density at radius 2 is 1.80 bits per heavy atom. The molecule has 1 aromatic rings. The van der Waals surface area contributed by atoms with E-state index in [2.05, 4.69) is 43.3 Å². The van der Waals surface area contributed by atoms with E-state index in [0.29, 0.717) is 19.7 Å². The third-order valence-electron chi connectivity index (χ3n) is 7.06. The number of carboxylic acids is 1. The number of ether oxygens (including phenoxy) is 1. The standard InChI is InChI=1S/C23H35N3O4/c1-24(2)23(19-8-5-4-6-9-19)13-11-22(12-14-23)18-25(16-10-20(27)28)21(29)26(22)15-7-17-30-3/h4-6,8-9H,7,10-18H2,1-3H3,(H,27,28)/t22-,23+. The maximum atomic E-state index is 13.2. The summed E-state index contributed by atoms with van der Waals surface area (Å²) in [5, 5.41) is 9.08. The molecule has 0 unspecified atom stereocenters. The lowest BCUT2D eigenvalue weighted by Crippen LogP contribution is -2.55. The van der Waals surface area contributed by atoms with Crippen molar-refractivity contribution in [2.24, 2.45) is 0 Å². The molecule has 0 bridgehead atoms. The second kappa shape index (κ2) is 9.35. The minimum absolute atomic E-state index is 0.0145. The van der Waals surface area contributed by atoms with Gasteiger partial charge in [0.2, 0.25) is 0 Å². The van der Waals surface area contributed by atoms with E-state index in [1.807, 2.05) is 11.0 Å². The number of hydrogen-bond acceptors (Lipinski definition) is 4. The number of amides is 2. The molecule has 0 radical (unpaired) electrons. The molecule has 0 aromatic heterocycles. The molecule has 166 valence electrons. The Hall–Kier alpha value is -2.12. The normalized spacial score (nSPS) is 26.7. The van der Waals surface area contributed by atoms with Crippen molar-refractivity contribution in [3.63, 3.8) is 0 Å². The summed E-state index contributed by atoms with van der Waals surface area (Å²) in [6.45, 7) is 2.15. The molecule has 1 spiro atoms. The van der Waals surface area contributed by atoms with Gasteiger partial charge in [0.1, 0.15) is 0 Å². The summed E-state index contributed by atoms with van der Waals surface area (Å²) in [5.41, 5.74) is 1.06. The number of carboxylic acid groups (broad SMARTS) is 1. The van der Waals surface area contributed by atoms with Crippen LogP contribution in [0.4, 0.5) is 4.79 Å². The number of carbonyl (C=O) groups excluding carboxylic acids is 1. The SMILES string of the molecule is COCCCN1C(=O)N(CCC(=O)O)C[C@]12CC[C@](c1ccccc1)(N(C)C)CC2. The van der Waals surface area contributed by atoms with Gasteiger partial charge < -0.3 is 19.6 Å². The monoisotopic (exact) mass is 417 g/mol. The third kappa shape index (κ3) is 4.32. The molecule has 7 heteroatoms. The number of urea groups is 1. The summed E-state index contributed by atoms with van der Waals surface area (Å²) in [5.74, 6) is -0.867. The lowest BCUT2D eigenvalue weighted by atomic mass is 9.68. The minimum atomic E-state index is -0.867. The van der Waals surface area contributed by atoms with E-state index < -0.39 is 5.97 Å². The Labute approximate surface area is 179 Å². The number of carbonyl (C=O) groups is 2. The van der Waals surface area contributed by atoms with E-state index in [-0.39, 0.29) is 30.1 Å². The highest BCUT2D eigenvalue weighted by Crippen LogP contribution is 2.48. The first kappa shape index (κ1) is 22.6. The van der Waals surface area contributed by atoms with Gasteiger partial charge in [-0.1, -0.05) is 30.3 Å². The van der Waals surface area contributed by atoms with Crippen LogP contribution in [0.3, 0.4) is 0 Å². The van der Waals surface area contributed by atoms with Gasteiger partial charge in [-0.2, -0.15) is 0 Å². The summed E-state index contributed by atoms with van der Waals surface area (Å²) < 4.78 is 5.20. The Kier molecular flexibility index (Phi) is 7.03. The molecule has 1 heterocycles. The smallest absolute Gasteiger partial charge is 0.320 e. The molecule has 1 saturated carbocycles.